The Morgan fingerprint density at radius 2 is 1.90 bits per heavy atom. The zero-order valence-corrected chi connectivity index (χ0v) is 12.0. The molecular formula is C18H13NOS. The van der Waals surface area contributed by atoms with Crippen molar-refractivity contribution in [1.29, 1.82) is 0 Å². The molecule has 2 aromatic carbocycles. The molecule has 0 bridgehead atoms. The molecule has 2 nitrogen and oxygen atoms in total. The maximum Gasteiger partial charge on any atom is 0.106 e. The molecule has 0 amide bonds. The number of aliphatic hydroxyl groups excluding tert-OH is 1. The molecule has 1 N–H and O–H groups in total. The highest BCUT2D eigenvalue weighted by molar-refractivity contribution is 7.17. The summed E-state index contributed by atoms with van der Waals surface area (Å²) in [5.74, 6) is 0. The number of pyridine rings is 1. The zero-order chi connectivity index (χ0) is 14.2. The second kappa shape index (κ2) is 4.95. The Bertz CT molecular complexity index is 928. The van der Waals surface area contributed by atoms with Gasteiger partial charge in [-0.15, -0.1) is 11.3 Å². The van der Waals surface area contributed by atoms with Gasteiger partial charge in [-0.25, -0.2) is 0 Å². The minimum atomic E-state index is -0.618. The summed E-state index contributed by atoms with van der Waals surface area (Å²) in [6.45, 7) is 0. The molecule has 1 atom stereocenters. The molecule has 0 fully saturated rings. The predicted molar refractivity (Wildman–Crippen MR) is 87.6 cm³/mol. The maximum absolute atomic E-state index is 10.7. The molecule has 2 heterocycles. The van der Waals surface area contributed by atoms with Gasteiger partial charge in [0.2, 0.25) is 0 Å². The van der Waals surface area contributed by atoms with E-state index in [0.717, 1.165) is 27.4 Å². The zero-order valence-electron chi connectivity index (χ0n) is 11.2. The average molecular weight is 291 g/mol. The minimum absolute atomic E-state index is 0.618. The number of fused-ring (bicyclic) bond motifs is 2. The van der Waals surface area contributed by atoms with Crippen LogP contribution in [0, 0.1) is 0 Å². The van der Waals surface area contributed by atoms with Gasteiger partial charge in [-0.3, -0.25) is 4.98 Å². The topological polar surface area (TPSA) is 33.1 Å². The average Bonchev–Trinajstić information content (AvgIpc) is 2.98. The Kier molecular flexibility index (Phi) is 2.95. The summed E-state index contributed by atoms with van der Waals surface area (Å²) in [6, 6.07) is 18.1. The molecule has 3 heteroatoms. The first-order chi connectivity index (χ1) is 10.3. The van der Waals surface area contributed by atoms with Gasteiger partial charge in [0.25, 0.3) is 0 Å². The van der Waals surface area contributed by atoms with Crippen molar-refractivity contribution < 1.29 is 5.11 Å². The second-order valence-corrected chi connectivity index (χ2v) is 5.96. The Hall–Kier alpha value is -2.23. The van der Waals surface area contributed by atoms with Gasteiger partial charge in [-0.2, -0.15) is 0 Å². The van der Waals surface area contributed by atoms with Crippen molar-refractivity contribution in [3.8, 4) is 0 Å². The van der Waals surface area contributed by atoms with Crippen molar-refractivity contribution >= 4 is 32.3 Å². The van der Waals surface area contributed by atoms with Crippen LogP contribution in [0.15, 0.2) is 66.2 Å². The number of thiophene rings is 1. The van der Waals surface area contributed by atoms with E-state index in [2.05, 4.69) is 17.1 Å². The summed E-state index contributed by atoms with van der Waals surface area (Å²) < 4.78 is 1.20. The molecule has 0 radical (unpaired) electrons. The Balaban J connectivity index is 1.83. The molecule has 0 aliphatic rings. The molecule has 102 valence electrons. The minimum Gasteiger partial charge on any atom is -0.384 e. The molecule has 0 aliphatic heterocycles. The van der Waals surface area contributed by atoms with Gasteiger partial charge in [0, 0.05) is 21.8 Å². The second-order valence-electron chi connectivity index (χ2n) is 5.05. The fraction of sp³-hybridized carbons (Fsp3) is 0.0556. The predicted octanol–water partition coefficient (Wildman–Crippen LogP) is 4.53. The molecule has 0 saturated heterocycles. The smallest absolute Gasteiger partial charge is 0.106 e. The van der Waals surface area contributed by atoms with Crippen LogP contribution in [-0.2, 0) is 0 Å². The van der Waals surface area contributed by atoms with Crippen LogP contribution in [0.1, 0.15) is 17.2 Å². The standard InChI is InChI=1S/C18H13NOS/c20-18(15-11-21-17-6-2-1-5-14(15)17)13-8-7-12-4-3-9-19-16(12)10-13/h1-11,18,20H. The van der Waals surface area contributed by atoms with Crippen molar-refractivity contribution in [2.45, 2.75) is 6.10 Å². The summed E-state index contributed by atoms with van der Waals surface area (Å²) in [5.41, 5.74) is 2.75. The quantitative estimate of drug-likeness (QED) is 0.588. The van der Waals surface area contributed by atoms with Crippen molar-refractivity contribution in [3.63, 3.8) is 0 Å². The van der Waals surface area contributed by atoms with E-state index in [0.29, 0.717) is 0 Å². The number of hydrogen-bond acceptors (Lipinski definition) is 3. The molecule has 4 aromatic rings. The lowest BCUT2D eigenvalue weighted by Gasteiger charge is -2.11. The molecule has 4 rings (SSSR count). The van der Waals surface area contributed by atoms with Crippen LogP contribution >= 0.6 is 11.3 Å². The van der Waals surface area contributed by atoms with Gasteiger partial charge < -0.3 is 5.11 Å². The van der Waals surface area contributed by atoms with Crippen molar-refractivity contribution in [2.24, 2.45) is 0 Å². The van der Waals surface area contributed by atoms with Crippen molar-refractivity contribution in [3.05, 3.63) is 77.3 Å². The summed E-state index contributed by atoms with van der Waals surface area (Å²) >= 11 is 1.66. The van der Waals surface area contributed by atoms with Crippen LogP contribution in [0.3, 0.4) is 0 Å². The van der Waals surface area contributed by atoms with Crippen LogP contribution in [0.5, 0.6) is 0 Å². The lowest BCUT2D eigenvalue weighted by Crippen LogP contribution is -1.98. The van der Waals surface area contributed by atoms with Gasteiger partial charge in [-0.05, 0) is 34.5 Å². The van der Waals surface area contributed by atoms with Gasteiger partial charge in [0.1, 0.15) is 6.10 Å². The largest absolute Gasteiger partial charge is 0.384 e. The van der Waals surface area contributed by atoms with Crippen molar-refractivity contribution in [1.82, 2.24) is 4.98 Å². The summed E-state index contributed by atoms with van der Waals surface area (Å²) in [7, 11) is 0. The fourth-order valence-electron chi connectivity index (χ4n) is 2.64. The first-order valence-corrected chi connectivity index (χ1v) is 7.70. The van der Waals surface area contributed by atoms with E-state index in [4.69, 9.17) is 0 Å². The van der Waals surface area contributed by atoms with Gasteiger partial charge >= 0.3 is 0 Å². The lowest BCUT2D eigenvalue weighted by atomic mass is 10.00. The third-order valence-corrected chi connectivity index (χ3v) is 4.73. The van der Waals surface area contributed by atoms with Gasteiger partial charge in [-0.1, -0.05) is 36.4 Å². The van der Waals surface area contributed by atoms with E-state index in [1.165, 1.54) is 4.70 Å². The summed E-state index contributed by atoms with van der Waals surface area (Å²) in [4.78, 5) is 4.36. The fourth-order valence-corrected chi connectivity index (χ4v) is 3.62. The first-order valence-electron chi connectivity index (χ1n) is 6.82. The highest BCUT2D eigenvalue weighted by Gasteiger charge is 2.15. The molecule has 2 aromatic heterocycles. The van der Waals surface area contributed by atoms with Crippen LogP contribution < -0.4 is 0 Å². The Morgan fingerprint density at radius 3 is 2.86 bits per heavy atom. The van der Waals surface area contributed by atoms with Gasteiger partial charge in [0.15, 0.2) is 0 Å². The van der Waals surface area contributed by atoms with E-state index in [1.807, 2.05) is 47.8 Å². The first kappa shape index (κ1) is 12.5. The van der Waals surface area contributed by atoms with E-state index < -0.39 is 6.10 Å². The Labute approximate surface area is 126 Å². The van der Waals surface area contributed by atoms with Crippen LogP contribution in [0.4, 0.5) is 0 Å². The lowest BCUT2D eigenvalue weighted by molar-refractivity contribution is 0.222. The number of benzene rings is 2. The molecule has 0 spiro atoms. The third kappa shape index (κ3) is 2.11. The number of hydrogen-bond donors (Lipinski definition) is 1. The normalized spacial score (nSPS) is 12.8. The highest BCUT2D eigenvalue weighted by Crippen LogP contribution is 2.34. The molecule has 21 heavy (non-hydrogen) atoms. The van der Waals surface area contributed by atoms with Gasteiger partial charge in [0.05, 0.1) is 5.52 Å². The number of rotatable bonds is 2. The van der Waals surface area contributed by atoms with Crippen LogP contribution in [0.25, 0.3) is 21.0 Å². The maximum atomic E-state index is 10.7. The molecule has 0 aliphatic carbocycles. The summed E-state index contributed by atoms with van der Waals surface area (Å²) in [6.07, 6.45) is 1.16. The molecule has 1 unspecified atom stereocenters. The third-order valence-electron chi connectivity index (χ3n) is 3.75. The van der Waals surface area contributed by atoms with E-state index >= 15 is 0 Å². The highest BCUT2D eigenvalue weighted by atomic mass is 32.1. The van der Waals surface area contributed by atoms with Crippen LogP contribution in [-0.4, -0.2) is 10.1 Å². The summed E-state index contributed by atoms with van der Waals surface area (Å²) in [5, 5.41) is 15.0. The molecule has 0 saturated carbocycles. The number of aromatic nitrogens is 1. The SMILES string of the molecule is OC(c1ccc2cccnc2c1)c1csc2ccccc12. The van der Waals surface area contributed by atoms with E-state index in [9.17, 15) is 5.11 Å². The Morgan fingerprint density at radius 1 is 1.00 bits per heavy atom. The monoisotopic (exact) mass is 291 g/mol. The van der Waals surface area contributed by atoms with Crippen LogP contribution in [0.2, 0.25) is 0 Å². The number of aliphatic hydroxyl groups is 1. The molecular weight excluding hydrogens is 278 g/mol. The van der Waals surface area contributed by atoms with E-state index in [-0.39, 0.29) is 0 Å². The van der Waals surface area contributed by atoms with Crippen molar-refractivity contribution in [2.75, 3.05) is 0 Å². The van der Waals surface area contributed by atoms with E-state index in [1.54, 1.807) is 17.5 Å². The number of nitrogens with zero attached hydrogens (tertiary/aromatic N) is 1.